The standard InChI is InChI=1S/C13H11BrClN5S/c1-7-4-19-6-16-3-8(19)5-20(7)12-11-9(2-10(14)21-11)17-13(15)18-12/h2-3,6-7H,4-5H2,1H3/t7-/m1/s1. The number of thiophene rings is 1. The smallest absolute Gasteiger partial charge is 0.224 e. The van der Waals surface area contributed by atoms with Gasteiger partial charge in [0.05, 0.1) is 32.6 Å². The minimum Gasteiger partial charge on any atom is -0.345 e. The van der Waals surface area contributed by atoms with Gasteiger partial charge < -0.3 is 9.47 Å². The predicted molar refractivity (Wildman–Crippen MR) is 88.0 cm³/mol. The zero-order valence-electron chi connectivity index (χ0n) is 11.1. The van der Waals surface area contributed by atoms with E-state index in [1.165, 1.54) is 5.69 Å². The molecule has 0 N–H and O–H groups in total. The second-order valence-electron chi connectivity index (χ2n) is 5.10. The minimum absolute atomic E-state index is 0.286. The molecule has 108 valence electrons. The molecule has 0 unspecified atom stereocenters. The molecule has 8 heteroatoms. The molecule has 5 nitrogen and oxygen atoms in total. The molecular formula is C13H11BrClN5S. The van der Waals surface area contributed by atoms with Gasteiger partial charge in [-0.05, 0) is 40.5 Å². The molecular weight excluding hydrogens is 374 g/mol. The van der Waals surface area contributed by atoms with E-state index >= 15 is 0 Å². The van der Waals surface area contributed by atoms with Crippen LogP contribution in [0, 0.1) is 0 Å². The summed E-state index contributed by atoms with van der Waals surface area (Å²) in [6, 6.07) is 2.30. The normalized spacial score (nSPS) is 18.2. The highest BCUT2D eigenvalue weighted by molar-refractivity contribution is 9.11. The van der Waals surface area contributed by atoms with Crippen LogP contribution in [0.4, 0.5) is 5.82 Å². The summed E-state index contributed by atoms with van der Waals surface area (Å²) in [6.07, 6.45) is 3.79. The van der Waals surface area contributed by atoms with Gasteiger partial charge in [0.2, 0.25) is 5.28 Å². The molecule has 0 amide bonds. The van der Waals surface area contributed by atoms with E-state index in [4.69, 9.17) is 11.6 Å². The van der Waals surface area contributed by atoms with E-state index in [9.17, 15) is 0 Å². The first-order chi connectivity index (χ1) is 10.1. The van der Waals surface area contributed by atoms with Gasteiger partial charge in [0, 0.05) is 18.8 Å². The maximum Gasteiger partial charge on any atom is 0.224 e. The predicted octanol–water partition coefficient (Wildman–Crippen LogP) is 3.71. The van der Waals surface area contributed by atoms with Gasteiger partial charge in [-0.3, -0.25) is 0 Å². The van der Waals surface area contributed by atoms with Gasteiger partial charge in [0.1, 0.15) is 0 Å². The van der Waals surface area contributed by atoms with Crippen LogP contribution < -0.4 is 4.90 Å². The van der Waals surface area contributed by atoms with Gasteiger partial charge in [-0.25, -0.2) is 9.97 Å². The van der Waals surface area contributed by atoms with E-state index in [1.807, 2.05) is 18.6 Å². The molecule has 0 aromatic carbocycles. The first-order valence-electron chi connectivity index (χ1n) is 6.50. The van der Waals surface area contributed by atoms with Crippen molar-refractivity contribution in [3.8, 4) is 0 Å². The molecule has 0 saturated carbocycles. The zero-order chi connectivity index (χ0) is 14.6. The number of nitrogens with zero attached hydrogens (tertiary/aromatic N) is 5. The molecule has 0 aliphatic carbocycles. The fourth-order valence-corrected chi connectivity index (χ4v) is 4.40. The van der Waals surface area contributed by atoms with Crippen LogP contribution in [0.15, 0.2) is 22.4 Å². The van der Waals surface area contributed by atoms with Gasteiger partial charge >= 0.3 is 0 Å². The Morgan fingerprint density at radius 3 is 3.14 bits per heavy atom. The quantitative estimate of drug-likeness (QED) is 0.600. The monoisotopic (exact) mass is 383 g/mol. The van der Waals surface area contributed by atoms with Crippen molar-refractivity contribution in [2.45, 2.75) is 26.1 Å². The topological polar surface area (TPSA) is 46.8 Å². The van der Waals surface area contributed by atoms with Crippen molar-refractivity contribution in [1.82, 2.24) is 19.5 Å². The molecule has 3 aromatic heterocycles. The third kappa shape index (κ3) is 2.23. The Kier molecular flexibility index (Phi) is 3.16. The fraction of sp³-hybridized carbons (Fsp3) is 0.308. The Labute approximate surface area is 138 Å². The van der Waals surface area contributed by atoms with Crippen LogP contribution in [0.1, 0.15) is 12.6 Å². The van der Waals surface area contributed by atoms with Crippen molar-refractivity contribution in [1.29, 1.82) is 0 Å². The highest BCUT2D eigenvalue weighted by Crippen LogP contribution is 2.37. The molecule has 4 heterocycles. The van der Waals surface area contributed by atoms with Gasteiger partial charge in [0.15, 0.2) is 5.82 Å². The number of aromatic nitrogens is 4. The molecule has 0 saturated heterocycles. The molecule has 0 spiro atoms. The lowest BCUT2D eigenvalue weighted by Crippen LogP contribution is -2.41. The molecule has 1 aliphatic heterocycles. The van der Waals surface area contributed by atoms with Gasteiger partial charge in [0.25, 0.3) is 0 Å². The van der Waals surface area contributed by atoms with Crippen LogP contribution in [-0.2, 0) is 13.1 Å². The summed E-state index contributed by atoms with van der Waals surface area (Å²) in [5.74, 6) is 0.903. The summed E-state index contributed by atoms with van der Waals surface area (Å²) >= 11 is 11.3. The molecule has 0 fully saturated rings. The Hall–Kier alpha value is -1.18. The fourth-order valence-electron chi connectivity index (χ4n) is 2.69. The Bertz CT molecular complexity index is 829. The van der Waals surface area contributed by atoms with Crippen molar-refractivity contribution < 1.29 is 0 Å². The third-order valence-corrected chi connectivity index (χ3v) is 5.48. The molecule has 0 radical (unpaired) electrons. The first-order valence-corrected chi connectivity index (χ1v) is 8.49. The average molecular weight is 385 g/mol. The Morgan fingerprint density at radius 2 is 2.29 bits per heavy atom. The van der Waals surface area contributed by atoms with Crippen LogP contribution in [0.2, 0.25) is 5.28 Å². The minimum atomic E-state index is 0.286. The molecule has 1 aliphatic rings. The SMILES string of the molecule is C[C@@H]1Cn2cncc2CN1c1nc(Cl)nc2cc(Br)sc12. The number of halogens is 2. The van der Waals surface area contributed by atoms with Crippen molar-refractivity contribution in [2.24, 2.45) is 0 Å². The first kappa shape index (κ1) is 13.5. The van der Waals surface area contributed by atoms with Crippen LogP contribution in [0.5, 0.6) is 0 Å². The van der Waals surface area contributed by atoms with Crippen LogP contribution in [0.25, 0.3) is 10.2 Å². The van der Waals surface area contributed by atoms with E-state index in [0.29, 0.717) is 6.04 Å². The maximum atomic E-state index is 6.10. The molecule has 21 heavy (non-hydrogen) atoms. The molecule has 4 rings (SSSR count). The van der Waals surface area contributed by atoms with Crippen molar-refractivity contribution in [3.63, 3.8) is 0 Å². The number of hydrogen-bond acceptors (Lipinski definition) is 5. The maximum absolute atomic E-state index is 6.10. The molecule has 3 aromatic rings. The third-order valence-electron chi connectivity index (χ3n) is 3.69. The highest BCUT2D eigenvalue weighted by atomic mass is 79.9. The summed E-state index contributed by atoms with van der Waals surface area (Å²) in [5.41, 5.74) is 2.07. The summed E-state index contributed by atoms with van der Waals surface area (Å²) in [4.78, 5) is 15.3. The number of hydrogen-bond donors (Lipinski definition) is 0. The van der Waals surface area contributed by atoms with E-state index in [2.05, 4.69) is 47.3 Å². The Morgan fingerprint density at radius 1 is 1.43 bits per heavy atom. The average Bonchev–Trinajstić information content (AvgIpc) is 3.01. The molecule has 0 bridgehead atoms. The van der Waals surface area contributed by atoms with Gasteiger partial charge in [-0.15, -0.1) is 11.3 Å². The molecule has 1 atom stereocenters. The highest BCUT2D eigenvalue weighted by Gasteiger charge is 2.26. The summed E-state index contributed by atoms with van der Waals surface area (Å²) in [5, 5.41) is 0.286. The number of anilines is 1. The van der Waals surface area contributed by atoms with Gasteiger partial charge in [-0.2, -0.15) is 4.98 Å². The summed E-state index contributed by atoms with van der Waals surface area (Å²) < 4.78 is 4.28. The lowest BCUT2D eigenvalue weighted by molar-refractivity contribution is 0.472. The largest absolute Gasteiger partial charge is 0.345 e. The zero-order valence-corrected chi connectivity index (χ0v) is 14.3. The number of rotatable bonds is 1. The van der Waals surface area contributed by atoms with Crippen molar-refractivity contribution >= 4 is 54.9 Å². The van der Waals surface area contributed by atoms with E-state index in [1.54, 1.807) is 11.3 Å². The number of fused-ring (bicyclic) bond motifs is 2. The second kappa shape index (κ2) is 4.93. The van der Waals surface area contributed by atoms with E-state index < -0.39 is 0 Å². The number of imidazole rings is 1. The van der Waals surface area contributed by atoms with E-state index in [0.717, 1.165) is 32.9 Å². The van der Waals surface area contributed by atoms with Crippen molar-refractivity contribution in [3.05, 3.63) is 33.4 Å². The van der Waals surface area contributed by atoms with Crippen molar-refractivity contribution in [2.75, 3.05) is 4.90 Å². The van der Waals surface area contributed by atoms with Crippen LogP contribution >= 0.6 is 38.9 Å². The summed E-state index contributed by atoms with van der Waals surface area (Å²) in [7, 11) is 0. The lowest BCUT2D eigenvalue weighted by atomic mass is 10.2. The lowest BCUT2D eigenvalue weighted by Gasteiger charge is -2.35. The van der Waals surface area contributed by atoms with Crippen LogP contribution in [0.3, 0.4) is 0 Å². The van der Waals surface area contributed by atoms with Crippen LogP contribution in [-0.4, -0.2) is 25.6 Å². The van der Waals surface area contributed by atoms with E-state index in [-0.39, 0.29) is 5.28 Å². The van der Waals surface area contributed by atoms with Gasteiger partial charge in [-0.1, -0.05) is 0 Å². The Balaban J connectivity index is 1.86. The second-order valence-corrected chi connectivity index (χ2v) is 7.86. The summed E-state index contributed by atoms with van der Waals surface area (Å²) in [6.45, 7) is 3.86.